The molecule has 0 aromatic rings. The van der Waals surface area contributed by atoms with Crippen molar-refractivity contribution in [2.75, 3.05) is 0 Å². The van der Waals surface area contributed by atoms with E-state index in [1.807, 2.05) is 0 Å². The lowest BCUT2D eigenvalue weighted by Gasteiger charge is -2.14. The highest BCUT2D eigenvalue weighted by atomic mass is 35.5. The number of halogens is 1. The quantitative estimate of drug-likeness (QED) is 0.658. The summed E-state index contributed by atoms with van der Waals surface area (Å²) in [5.41, 5.74) is 0. The molecule has 2 atom stereocenters. The van der Waals surface area contributed by atoms with Crippen molar-refractivity contribution in [1.29, 1.82) is 0 Å². The van der Waals surface area contributed by atoms with Crippen molar-refractivity contribution in [2.24, 2.45) is 5.92 Å². The van der Waals surface area contributed by atoms with Gasteiger partial charge in [0.2, 0.25) is 0 Å². The summed E-state index contributed by atoms with van der Waals surface area (Å²) < 4.78 is 0. The van der Waals surface area contributed by atoms with Crippen LogP contribution in [-0.4, -0.2) is 16.5 Å². The van der Waals surface area contributed by atoms with Crippen molar-refractivity contribution in [2.45, 2.75) is 44.9 Å². The average Bonchev–Trinajstić information content (AvgIpc) is 2.02. The van der Waals surface area contributed by atoms with Gasteiger partial charge in [0.05, 0.1) is 0 Å². The lowest BCUT2D eigenvalue weighted by molar-refractivity contribution is -0.137. The Morgan fingerprint density at radius 1 is 1.58 bits per heavy atom. The van der Waals surface area contributed by atoms with Crippen LogP contribution in [0.1, 0.15) is 39.5 Å². The predicted octanol–water partition coefficient (Wildman–Crippen LogP) is 2.89. The van der Waals surface area contributed by atoms with E-state index in [1.54, 1.807) is 0 Å². The topological polar surface area (TPSA) is 37.3 Å². The summed E-state index contributed by atoms with van der Waals surface area (Å²) in [6.45, 7) is 4.19. The minimum atomic E-state index is -0.733. The molecule has 0 aliphatic rings. The predicted molar refractivity (Wildman–Crippen MR) is 50.6 cm³/mol. The first-order valence-corrected chi connectivity index (χ1v) is 4.87. The molecule has 1 unspecified atom stereocenters. The van der Waals surface area contributed by atoms with E-state index < -0.39 is 5.97 Å². The summed E-state index contributed by atoms with van der Waals surface area (Å²) in [7, 11) is 0. The van der Waals surface area contributed by atoms with E-state index in [0.717, 1.165) is 12.8 Å². The zero-order valence-electron chi connectivity index (χ0n) is 7.72. The van der Waals surface area contributed by atoms with Crippen LogP contribution in [0.2, 0.25) is 0 Å². The number of aliphatic carboxylic acids is 1. The van der Waals surface area contributed by atoms with Crippen molar-refractivity contribution >= 4 is 17.6 Å². The van der Waals surface area contributed by atoms with Crippen molar-refractivity contribution in [3.8, 4) is 0 Å². The fourth-order valence-electron chi connectivity index (χ4n) is 0.989. The van der Waals surface area contributed by atoms with E-state index in [9.17, 15) is 4.79 Å². The molecular weight excluding hydrogens is 176 g/mol. The molecule has 0 saturated heterocycles. The Kier molecular flexibility index (Phi) is 6.17. The number of carboxylic acid groups (broad SMARTS) is 1. The zero-order chi connectivity index (χ0) is 9.56. The maximum absolute atomic E-state index is 10.2. The maximum atomic E-state index is 10.2. The van der Waals surface area contributed by atoms with Crippen LogP contribution in [0.3, 0.4) is 0 Å². The minimum Gasteiger partial charge on any atom is -0.481 e. The second-order valence-corrected chi connectivity index (χ2v) is 3.75. The third kappa shape index (κ3) is 5.42. The first kappa shape index (κ1) is 11.8. The largest absolute Gasteiger partial charge is 0.481 e. The summed E-state index contributed by atoms with van der Waals surface area (Å²) >= 11 is 6.02. The Balaban J connectivity index is 3.43. The average molecular weight is 193 g/mol. The minimum absolute atomic E-state index is 0.134. The molecule has 3 heteroatoms. The standard InChI is InChI=1S/C9H17ClO2/c1-3-7(2)8(10)5-4-6-9(11)12/h7-8H,3-6H2,1-2H3,(H,11,12)/t7?,8-/m0/s1. The summed E-state index contributed by atoms with van der Waals surface area (Å²) in [5.74, 6) is -0.247. The van der Waals surface area contributed by atoms with Gasteiger partial charge < -0.3 is 5.11 Å². The summed E-state index contributed by atoms with van der Waals surface area (Å²) in [6.07, 6.45) is 2.79. The van der Waals surface area contributed by atoms with E-state index in [0.29, 0.717) is 12.3 Å². The Morgan fingerprint density at radius 3 is 2.58 bits per heavy atom. The number of carboxylic acids is 1. The van der Waals surface area contributed by atoms with Crippen LogP contribution in [0.25, 0.3) is 0 Å². The second kappa shape index (κ2) is 6.30. The van der Waals surface area contributed by atoms with Gasteiger partial charge in [-0.3, -0.25) is 4.79 Å². The Morgan fingerprint density at radius 2 is 2.17 bits per heavy atom. The molecule has 0 radical (unpaired) electrons. The second-order valence-electron chi connectivity index (χ2n) is 3.19. The van der Waals surface area contributed by atoms with Crippen LogP contribution in [0, 0.1) is 5.92 Å². The number of carbonyl (C=O) groups is 1. The Bertz CT molecular complexity index is 136. The molecule has 0 heterocycles. The van der Waals surface area contributed by atoms with Crippen LogP contribution in [-0.2, 0) is 4.79 Å². The maximum Gasteiger partial charge on any atom is 0.303 e. The molecule has 0 fully saturated rings. The highest BCUT2D eigenvalue weighted by molar-refractivity contribution is 6.20. The molecule has 0 saturated carbocycles. The van der Waals surface area contributed by atoms with Gasteiger partial charge in [-0.1, -0.05) is 20.3 Å². The van der Waals surface area contributed by atoms with Crippen LogP contribution in [0.4, 0.5) is 0 Å². The van der Waals surface area contributed by atoms with Crippen LogP contribution >= 0.6 is 11.6 Å². The molecule has 0 rings (SSSR count). The van der Waals surface area contributed by atoms with E-state index in [2.05, 4.69) is 13.8 Å². The zero-order valence-corrected chi connectivity index (χ0v) is 8.47. The fourth-order valence-corrected chi connectivity index (χ4v) is 1.32. The molecule has 0 aliphatic heterocycles. The molecule has 12 heavy (non-hydrogen) atoms. The Labute approximate surface area is 78.9 Å². The van der Waals surface area contributed by atoms with Crippen LogP contribution < -0.4 is 0 Å². The monoisotopic (exact) mass is 192 g/mol. The smallest absolute Gasteiger partial charge is 0.303 e. The highest BCUT2D eigenvalue weighted by Crippen LogP contribution is 2.19. The summed E-state index contributed by atoms with van der Waals surface area (Å²) in [5, 5.41) is 8.51. The molecule has 72 valence electrons. The van der Waals surface area contributed by atoms with Crippen molar-refractivity contribution < 1.29 is 9.90 Å². The number of hydrogen-bond donors (Lipinski definition) is 1. The van der Waals surface area contributed by atoms with Gasteiger partial charge in [-0.15, -0.1) is 11.6 Å². The van der Waals surface area contributed by atoms with E-state index in [4.69, 9.17) is 16.7 Å². The Hall–Kier alpha value is -0.240. The normalized spacial score (nSPS) is 15.6. The third-order valence-electron chi connectivity index (χ3n) is 2.13. The van der Waals surface area contributed by atoms with Gasteiger partial charge in [0, 0.05) is 11.8 Å². The van der Waals surface area contributed by atoms with Crippen molar-refractivity contribution in [3.63, 3.8) is 0 Å². The van der Waals surface area contributed by atoms with E-state index in [-0.39, 0.29) is 11.8 Å². The van der Waals surface area contributed by atoms with Gasteiger partial charge in [0.15, 0.2) is 0 Å². The van der Waals surface area contributed by atoms with E-state index >= 15 is 0 Å². The molecule has 2 nitrogen and oxygen atoms in total. The van der Waals surface area contributed by atoms with Gasteiger partial charge in [0.1, 0.15) is 0 Å². The number of alkyl halides is 1. The van der Waals surface area contributed by atoms with Crippen LogP contribution in [0.5, 0.6) is 0 Å². The molecular formula is C9H17ClO2. The van der Waals surface area contributed by atoms with Gasteiger partial charge in [-0.2, -0.15) is 0 Å². The van der Waals surface area contributed by atoms with Gasteiger partial charge in [-0.25, -0.2) is 0 Å². The summed E-state index contributed by atoms with van der Waals surface area (Å²) in [6, 6.07) is 0. The summed E-state index contributed by atoms with van der Waals surface area (Å²) in [4.78, 5) is 10.2. The highest BCUT2D eigenvalue weighted by Gasteiger charge is 2.12. The first-order chi connectivity index (χ1) is 5.57. The molecule has 1 N–H and O–H groups in total. The lowest BCUT2D eigenvalue weighted by Crippen LogP contribution is -2.10. The molecule has 0 aromatic carbocycles. The molecule has 0 amide bonds. The molecule has 0 aliphatic carbocycles. The number of hydrogen-bond acceptors (Lipinski definition) is 1. The molecule has 0 bridgehead atoms. The van der Waals surface area contributed by atoms with Crippen molar-refractivity contribution in [1.82, 2.24) is 0 Å². The van der Waals surface area contributed by atoms with Gasteiger partial charge >= 0.3 is 5.97 Å². The first-order valence-electron chi connectivity index (χ1n) is 4.43. The third-order valence-corrected chi connectivity index (χ3v) is 2.78. The molecule has 0 aromatic heterocycles. The SMILES string of the molecule is CCC(C)[C@@H](Cl)CCCC(=O)O. The van der Waals surface area contributed by atoms with Crippen LogP contribution in [0.15, 0.2) is 0 Å². The lowest BCUT2D eigenvalue weighted by atomic mass is 10.0. The van der Waals surface area contributed by atoms with Gasteiger partial charge in [0.25, 0.3) is 0 Å². The number of rotatable bonds is 6. The van der Waals surface area contributed by atoms with Crippen molar-refractivity contribution in [3.05, 3.63) is 0 Å². The fraction of sp³-hybridized carbons (Fsp3) is 0.889. The van der Waals surface area contributed by atoms with Gasteiger partial charge in [-0.05, 0) is 18.8 Å². The molecule has 0 spiro atoms. The van der Waals surface area contributed by atoms with E-state index in [1.165, 1.54) is 0 Å².